The van der Waals surface area contributed by atoms with Gasteiger partial charge in [0.05, 0.1) is 7.11 Å². The van der Waals surface area contributed by atoms with Gasteiger partial charge in [-0.3, -0.25) is 4.98 Å². The summed E-state index contributed by atoms with van der Waals surface area (Å²) in [6, 6.07) is 11.6. The van der Waals surface area contributed by atoms with E-state index in [2.05, 4.69) is 4.98 Å². The predicted molar refractivity (Wildman–Crippen MR) is 66.3 cm³/mol. The van der Waals surface area contributed by atoms with Crippen LogP contribution in [0.2, 0.25) is 0 Å². The van der Waals surface area contributed by atoms with Gasteiger partial charge >= 0.3 is 0 Å². The lowest BCUT2D eigenvalue weighted by Crippen LogP contribution is -1.98. The van der Waals surface area contributed by atoms with Crippen molar-refractivity contribution in [1.82, 2.24) is 4.98 Å². The number of pyridine rings is 1. The van der Waals surface area contributed by atoms with Gasteiger partial charge in [0.1, 0.15) is 6.61 Å². The molecule has 0 N–H and O–H groups in total. The molecule has 0 aliphatic heterocycles. The highest BCUT2D eigenvalue weighted by Crippen LogP contribution is 2.26. The van der Waals surface area contributed by atoms with E-state index in [0.717, 1.165) is 22.8 Å². The topological polar surface area (TPSA) is 31.4 Å². The Bertz CT molecular complexity index is 480. The Morgan fingerprint density at radius 1 is 1.06 bits per heavy atom. The maximum Gasteiger partial charge on any atom is 0.161 e. The van der Waals surface area contributed by atoms with Gasteiger partial charge in [-0.2, -0.15) is 0 Å². The Labute approximate surface area is 101 Å². The van der Waals surface area contributed by atoms with E-state index in [9.17, 15) is 0 Å². The highest BCUT2D eigenvalue weighted by Gasteiger charge is 2.02. The van der Waals surface area contributed by atoms with E-state index in [0.29, 0.717) is 6.61 Å². The van der Waals surface area contributed by atoms with Crippen LogP contribution in [0.4, 0.5) is 0 Å². The Balaban J connectivity index is 2.04. The van der Waals surface area contributed by atoms with Crippen LogP contribution in [-0.2, 0) is 6.61 Å². The molecule has 0 radical (unpaired) electrons. The molecule has 0 spiro atoms. The summed E-state index contributed by atoms with van der Waals surface area (Å²) in [5.41, 5.74) is 2.05. The third kappa shape index (κ3) is 2.97. The molecule has 3 heteroatoms. The summed E-state index contributed by atoms with van der Waals surface area (Å²) < 4.78 is 10.9. The van der Waals surface area contributed by atoms with Crippen LogP contribution in [0.5, 0.6) is 11.5 Å². The van der Waals surface area contributed by atoms with Gasteiger partial charge in [-0.15, -0.1) is 0 Å². The van der Waals surface area contributed by atoms with Crippen molar-refractivity contribution < 1.29 is 9.47 Å². The highest BCUT2D eigenvalue weighted by molar-refractivity contribution is 5.39. The molecule has 0 unspecified atom stereocenters. The van der Waals surface area contributed by atoms with Crippen LogP contribution < -0.4 is 9.47 Å². The zero-order valence-electron chi connectivity index (χ0n) is 10.0. The van der Waals surface area contributed by atoms with Gasteiger partial charge in [0, 0.05) is 17.5 Å². The van der Waals surface area contributed by atoms with E-state index in [1.165, 1.54) is 0 Å². The summed E-state index contributed by atoms with van der Waals surface area (Å²) in [6.07, 6.45) is 1.82. The molecule has 2 rings (SSSR count). The van der Waals surface area contributed by atoms with E-state index >= 15 is 0 Å². The Hall–Kier alpha value is -2.03. The summed E-state index contributed by atoms with van der Waals surface area (Å²) in [6.45, 7) is 2.46. The molecule has 0 fully saturated rings. The van der Waals surface area contributed by atoms with Crippen molar-refractivity contribution in [3.05, 3.63) is 53.9 Å². The fraction of sp³-hybridized carbons (Fsp3) is 0.214. The van der Waals surface area contributed by atoms with Crippen molar-refractivity contribution >= 4 is 0 Å². The van der Waals surface area contributed by atoms with Gasteiger partial charge in [0.25, 0.3) is 0 Å². The Morgan fingerprint density at radius 2 is 1.82 bits per heavy atom. The van der Waals surface area contributed by atoms with E-state index in [-0.39, 0.29) is 0 Å². The monoisotopic (exact) mass is 229 g/mol. The van der Waals surface area contributed by atoms with Crippen LogP contribution in [0.25, 0.3) is 0 Å². The third-order valence-electron chi connectivity index (χ3n) is 2.44. The summed E-state index contributed by atoms with van der Waals surface area (Å²) in [7, 11) is 1.63. The third-order valence-corrected chi connectivity index (χ3v) is 2.44. The van der Waals surface area contributed by atoms with Crippen LogP contribution in [-0.4, -0.2) is 12.1 Å². The van der Waals surface area contributed by atoms with Crippen LogP contribution in [0.1, 0.15) is 11.3 Å². The minimum Gasteiger partial charge on any atom is -0.493 e. The number of hydrogen-bond acceptors (Lipinski definition) is 3. The largest absolute Gasteiger partial charge is 0.493 e. The first kappa shape index (κ1) is 11.5. The molecule has 0 saturated carbocycles. The highest BCUT2D eigenvalue weighted by atomic mass is 16.5. The summed E-state index contributed by atoms with van der Waals surface area (Å²) in [5.74, 6) is 1.49. The molecule has 17 heavy (non-hydrogen) atoms. The Kier molecular flexibility index (Phi) is 3.60. The lowest BCUT2D eigenvalue weighted by Gasteiger charge is -2.10. The summed E-state index contributed by atoms with van der Waals surface area (Å²) in [5, 5.41) is 0. The maximum atomic E-state index is 5.69. The van der Waals surface area contributed by atoms with Crippen molar-refractivity contribution in [2.45, 2.75) is 13.5 Å². The number of benzene rings is 1. The van der Waals surface area contributed by atoms with Crippen molar-refractivity contribution in [3.8, 4) is 11.5 Å². The molecular weight excluding hydrogens is 214 g/mol. The van der Waals surface area contributed by atoms with Crippen LogP contribution >= 0.6 is 0 Å². The number of rotatable bonds is 4. The Morgan fingerprint density at radius 3 is 2.47 bits per heavy atom. The molecule has 0 atom stereocenters. The molecule has 0 aliphatic carbocycles. The first-order valence-electron chi connectivity index (χ1n) is 5.47. The molecule has 1 aromatic carbocycles. The molecule has 1 heterocycles. The maximum absolute atomic E-state index is 5.69. The summed E-state index contributed by atoms with van der Waals surface area (Å²) >= 11 is 0. The molecule has 2 aromatic rings. The molecule has 0 aliphatic rings. The molecule has 1 aromatic heterocycles. The zero-order chi connectivity index (χ0) is 12.1. The van der Waals surface area contributed by atoms with Gasteiger partial charge in [-0.25, -0.2) is 0 Å². The number of para-hydroxylation sites is 2. The fourth-order valence-electron chi connectivity index (χ4n) is 1.48. The van der Waals surface area contributed by atoms with Crippen molar-refractivity contribution in [1.29, 1.82) is 0 Å². The number of hydrogen-bond donors (Lipinski definition) is 0. The van der Waals surface area contributed by atoms with E-state index < -0.39 is 0 Å². The van der Waals surface area contributed by atoms with Crippen molar-refractivity contribution in [2.75, 3.05) is 7.11 Å². The molecule has 0 amide bonds. The lowest BCUT2D eigenvalue weighted by molar-refractivity contribution is 0.284. The van der Waals surface area contributed by atoms with E-state index in [4.69, 9.17) is 9.47 Å². The van der Waals surface area contributed by atoms with Crippen LogP contribution in [0.3, 0.4) is 0 Å². The van der Waals surface area contributed by atoms with Gasteiger partial charge in [0.15, 0.2) is 11.5 Å². The number of ether oxygens (including phenoxy) is 2. The fourth-order valence-corrected chi connectivity index (χ4v) is 1.48. The van der Waals surface area contributed by atoms with Crippen molar-refractivity contribution in [3.63, 3.8) is 0 Å². The second-order valence-electron chi connectivity index (χ2n) is 3.75. The van der Waals surface area contributed by atoms with Crippen LogP contribution in [0, 0.1) is 6.92 Å². The number of methoxy groups -OCH3 is 1. The van der Waals surface area contributed by atoms with Crippen molar-refractivity contribution in [2.24, 2.45) is 0 Å². The number of aromatic nitrogens is 1. The standard InChI is InChI=1S/C14H15NO2/c1-11-7-8-12(9-15-11)10-17-14-6-4-3-5-13(14)16-2/h3-9H,10H2,1-2H3. The van der Waals surface area contributed by atoms with E-state index in [1.54, 1.807) is 7.11 Å². The zero-order valence-corrected chi connectivity index (χ0v) is 10.0. The average molecular weight is 229 g/mol. The van der Waals surface area contributed by atoms with Gasteiger partial charge in [-0.05, 0) is 25.1 Å². The first-order chi connectivity index (χ1) is 8.29. The molecule has 3 nitrogen and oxygen atoms in total. The summed E-state index contributed by atoms with van der Waals surface area (Å²) in [4.78, 5) is 4.22. The molecular formula is C14H15NO2. The average Bonchev–Trinajstić information content (AvgIpc) is 2.38. The van der Waals surface area contributed by atoms with Gasteiger partial charge in [0.2, 0.25) is 0 Å². The molecule has 0 saturated heterocycles. The van der Waals surface area contributed by atoms with Gasteiger partial charge in [-0.1, -0.05) is 18.2 Å². The molecule has 88 valence electrons. The predicted octanol–water partition coefficient (Wildman–Crippen LogP) is 2.98. The smallest absolute Gasteiger partial charge is 0.161 e. The number of nitrogens with zero attached hydrogens (tertiary/aromatic N) is 1. The normalized spacial score (nSPS) is 10.0. The minimum atomic E-state index is 0.494. The quantitative estimate of drug-likeness (QED) is 0.807. The SMILES string of the molecule is COc1ccccc1OCc1ccc(C)nc1. The molecule has 0 bridgehead atoms. The van der Waals surface area contributed by atoms with E-state index in [1.807, 2.05) is 49.5 Å². The second kappa shape index (κ2) is 5.34. The second-order valence-corrected chi connectivity index (χ2v) is 3.75. The van der Waals surface area contributed by atoms with Gasteiger partial charge < -0.3 is 9.47 Å². The first-order valence-corrected chi connectivity index (χ1v) is 5.47. The lowest BCUT2D eigenvalue weighted by atomic mass is 10.2. The van der Waals surface area contributed by atoms with Crippen LogP contribution in [0.15, 0.2) is 42.6 Å². The minimum absolute atomic E-state index is 0.494. The number of aryl methyl sites for hydroxylation is 1.